The van der Waals surface area contributed by atoms with Crippen LogP contribution in [-0.4, -0.2) is 9.55 Å². The minimum atomic E-state index is 1.09. The first-order valence-corrected chi connectivity index (χ1v) is 8.12. The van der Waals surface area contributed by atoms with Gasteiger partial charge in [-0.3, -0.25) is 4.98 Å². The molecule has 2 heterocycles. The van der Waals surface area contributed by atoms with Crippen LogP contribution >= 0.6 is 31.9 Å². The summed E-state index contributed by atoms with van der Waals surface area (Å²) in [4.78, 5) is 4.12. The summed E-state index contributed by atoms with van der Waals surface area (Å²) < 4.78 is 4.44. The van der Waals surface area contributed by atoms with Gasteiger partial charge in [-0.15, -0.1) is 0 Å². The van der Waals surface area contributed by atoms with Gasteiger partial charge in [-0.2, -0.15) is 0 Å². The van der Waals surface area contributed by atoms with Gasteiger partial charge in [-0.1, -0.05) is 31.9 Å². The topological polar surface area (TPSA) is 17.8 Å². The van der Waals surface area contributed by atoms with Crippen molar-refractivity contribution >= 4 is 53.7 Å². The second-order valence-corrected chi connectivity index (χ2v) is 6.70. The van der Waals surface area contributed by atoms with E-state index in [-0.39, 0.29) is 0 Å². The van der Waals surface area contributed by atoms with E-state index in [0.717, 1.165) is 14.6 Å². The highest BCUT2D eigenvalue weighted by atomic mass is 79.9. The monoisotopic (exact) mass is 400 g/mol. The van der Waals surface area contributed by atoms with E-state index in [1.165, 1.54) is 21.8 Å². The van der Waals surface area contributed by atoms with Crippen LogP contribution in [0, 0.1) is 0 Å². The van der Waals surface area contributed by atoms with Crippen molar-refractivity contribution in [2.45, 2.75) is 0 Å². The van der Waals surface area contributed by atoms with Crippen molar-refractivity contribution in [3.05, 3.63) is 69.9 Å². The van der Waals surface area contributed by atoms with Crippen molar-refractivity contribution in [1.29, 1.82) is 0 Å². The predicted octanol–water partition coefficient (Wildman–Crippen LogP) is 5.70. The zero-order valence-corrected chi connectivity index (χ0v) is 14.1. The molecule has 0 amide bonds. The number of rotatable bonds is 1. The van der Waals surface area contributed by atoms with E-state index in [9.17, 15) is 0 Å². The lowest BCUT2D eigenvalue weighted by Gasteiger charge is -2.07. The van der Waals surface area contributed by atoms with Gasteiger partial charge in [0.05, 0.1) is 11.0 Å². The van der Waals surface area contributed by atoms with E-state index in [1.807, 2.05) is 24.5 Å². The van der Waals surface area contributed by atoms with Crippen LogP contribution in [0.25, 0.3) is 27.5 Å². The lowest BCUT2D eigenvalue weighted by molar-refractivity contribution is 1.15. The van der Waals surface area contributed by atoms with Crippen molar-refractivity contribution in [3.8, 4) is 5.69 Å². The Morgan fingerprint density at radius 2 is 1.24 bits per heavy atom. The van der Waals surface area contributed by atoms with Crippen LogP contribution in [0.1, 0.15) is 0 Å². The minimum absolute atomic E-state index is 1.09. The molecule has 0 aliphatic heterocycles. The lowest BCUT2D eigenvalue weighted by atomic mass is 10.2. The van der Waals surface area contributed by atoms with Crippen LogP contribution < -0.4 is 0 Å². The third-order valence-corrected chi connectivity index (χ3v) is 4.60. The Labute approximate surface area is 138 Å². The Morgan fingerprint density at radius 1 is 0.714 bits per heavy atom. The molecule has 4 rings (SSSR count). The maximum absolute atomic E-state index is 4.12. The van der Waals surface area contributed by atoms with Crippen LogP contribution in [0.3, 0.4) is 0 Å². The predicted molar refractivity (Wildman–Crippen MR) is 94.0 cm³/mol. The van der Waals surface area contributed by atoms with Gasteiger partial charge >= 0.3 is 0 Å². The van der Waals surface area contributed by atoms with Gasteiger partial charge < -0.3 is 4.57 Å². The molecular formula is C17H10Br2N2. The summed E-state index contributed by atoms with van der Waals surface area (Å²) >= 11 is 7.14. The van der Waals surface area contributed by atoms with Gasteiger partial charge in [0.25, 0.3) is 0 Å². The van der Waals surface area contributed by atoms with E-state index in [2.05, 4.69) is 77.8 Å². The highest BCUT2D eigenvalue weighted by Crippen LogP contribution is 2.34. The molecule has 0 spiro atoms. The molecule has 4 aromatic rings. The number of pyridine rings is 1. The molecular weight excluding hydrogens is 392 g/mol. The van der Waals surface area contributed by atoms with Crippen LogP contribution in [0.4, 0.5) is 0 Å². The Morgan fingerprint density at radius 3 is 1.76 bits per heavy atom. The SMILES string of the molecule is Brc1ccc2c(c1)c1cc(Br)ccc1n2-c1ccncc1. The molecule has 4 heteroatoms. The van der Waals surface area contributed by atoms with Gasteiger partial charge in [0.15, 0.2) is 0 Å². The van der Waals surface area contributed by atoms with E-state index in [1.54, 1.807) is 0 Å². The first kappa shape index (κ1) is 13.0. The fourth-order valence-electron chi connectivity index (χ4n) is 2.74. The molecule has 2 aromatic heterocycles. The average Bonchev–Trinajstić information content (AvgIpc) is 2.81. The number of nitrogens with zero attached hydrogens (tertiary/aromatic N) is 2. The maximum atomic E-state index is 4.12. The zero-order valence-electron chi connectivity index (χ0n) is 10.9. The van der Waals surface area contributed by atoms with Gasteiger partial charge in [-0.05, 0) is 48.5 Å². The Balaban J connectivity index is 2.22. The molecule has 0 N–H and O–H groups in total. The Kier molecular flexibility index (Phi) is 3.08. The van der Waals surface area contributed by atoms with Crippen molar-refractivity contribution in [2.75, 3.05) is 0 Å². The molecule has 102 valence electrons. The molecule has 0 fully saturated rings. The summed E-state index contributed by atoms with van der Waals surface area (Å²) in [5, 5.41) is 2.47. The standard InChI is InChI=1S/C17H10Br2N2/c18-11-1-3-16-14(9-11)15-10-12(19)2-4-17(15)21(16)13-5-7-20-8-6-13/h1-10H. The van der Waals surface area contributed by atoms with Gasteiger partial charge in [0.2, 0.25) is 0 Å². The van der Waals surface area contributed by atoms with E-state index < -0.39 is 0 Å². The number of halogens is 2. The maximum Gasteiger partial charge on any atom is 0.0541 e. The van der Waals surface area contributed by atoms with Gasteiger partial charge in [0.1, 0.15) is 0 Å². The van der Waals surface area contributed by atoms with Crippen LogP contribution in [0.2, 0.25) is 0 Å². The van der Waals surface area contributed by atoms with Crippen molar-refractivity contribution in [3.63, 3.8) is 0 Å². The number of benzene rings is 2. The van der Waals surface area contributed by atoms with E-state index in [0.29, 0.717) is 0 Å². The molecule has 0 saturated carbocycles. The molecule has 0 aliphatic carbocycles. The Bertz CT molecular complexity index is 900. The summed E-state index contributed by atoms with van der Waals surface area (Å²) in [5.41, 5.74) is 3.50. The number of hydrogen-bond donors (Lipinski definition) is 0. The fourth-order valence-corrected chi connectivity index (χ4v) is 3.46. The first-order chi connectivity index (χ1) is 10.2. The van der Waals surface area contributed by atoms with Gasteiger partial charge in [-0.25, -0.2) is 0 Å². The summed E-state index contributed by atoms with van der Waals surface area (Å²) in [5.74, 6) is 0. The van der Waals surface area contributed by atoms with Crippen LogP contribution in [0.15, 0.2) is 69.9 Å². The average molecular weight is 402 g/mol. The zero-order chi connectivity index (χ0) is 14.4. The third-order valence-electron chi connectivity index (χ3n) is 3.61. The van der Waals surface area contributed by atoms with Crippen LogP contribution in [-0.2, 0) is 0 Å². The van der Waals surface area contributed by atoms with Crippen LogP contribution in [0.5, 0.6) is 0 Å². The summed E-state index contributed by atoms with van der Waals surface area (Å²) in [6.07, 6.45) is 3.65. The largest absolute Gasteiger partial charge is 0.309 e. The van der Waals surface area contributed by atoms with E-state index >= 15 is 0 Å². The molecule has 0 aliphatic rings. The normalized spacial score (nSPS) is 11.3. The summed E-state index contributed by atoms with van der Waals surface area (Å²) in [6.45, 7) is 0. The molecule has 0 unspecified atom stereocenters. The van der Waals surface area contributed by atoms with Gasteiger partial charge in [0, 0.05) is 37.8 Å². The number of fused-ring (bicyclic) bond motifs is 3. The minimum Gasteiger partial charge on any atom is -0.309 e. The second-order valence-electron chi connectivity index (χ2n) is 4.86. The van der Waals surface area contributed by atoms with E-state index in [4.69, 9.17) is 0 Å². The molecule has 21 heavy (non-hydrogen) atoms. The van der Waals surface area contributed by atoms with Crippen molar-refractivity contribution in [1.82, 2.24) is 9.55 Å². The molecule has 0 saturated heterocycles. The smallest absolute Gasteiger partial charge is 0.0541 e. The fraction of sp³-hybridized carbons (Fsp3) is 0. The Hall–Kier alpha value is -1.65. The molecule has 0 radical (unpaired) electrons. The molecule has 2 nitrogen and oxygen atoms in total. The molecule has 0 bridgehead atoms. The highest BCUT2D eigenvalue weighted by Gasteiger charge is 2.12. The molecule has 0 atom stereocenters. The molecule has 2 aromatic carbocycles. The number of aromatic nitrogens is 2. The van der Waals surface area contributed by atoms with Crippen molar-refractivity contribution in [2.24, 2.45) is 0 Å². The quantitative estimate of drug-likeness (QED) is 0.399. The number of hydrogen-bond acceptors (Lipinski definition) is 1. The summed E-state index contributed by atoms with van der Waals surface area (Å²) in [6, 6.07) is 16.8. The lowest BCUT2D eigenvalue weighted by Crippen LogP contribution is -1.93. The highest BCUT2D eigenvalue weighted by molar-refractivity contribution is 9.10. The third kappa shape index (κ3) is 2.10. The second kappa shape index (κ2) is 4.97. The first-order valence-electron chi connectivity index (χ1n) is 6.54. The van der Waals surface area contributed by atoms with Crippen molar-refractivity contribution < 1.29 is 0 Å². The summed E-state index contributed by atoms with van der Waals surface area (Å²) in [7, 11) is 0.